The molecule has 3 aromatic rings. The maximum absolute atomic E-state index is 9.37. The van der Waals surface area contributed by atoms with Crippen LogP contribution in [0.5, 0.6) is 5.75 Å². The number of rotatable bonds is 4. The Balaban J connectivity index is 1.73. The molecule has 0 aliphatic carbocycles. The summed E-state index contributed by atoms with van der Waals surface area (Å²) < 4.78 is 0. The van der Waals surface area contributed by atoms with Gasteiger partial charge in [-0.2, -0.15) is 0 Å². The van der Waals surface area contributed by atoms with Crippen LogP contribution in [0.1, 0.15) is 5.56 Å². The fourth-order valence-corrected chi connectivity index (χ4v) is 3.12. The third-order valence-corrected chi connectivity index (χ3v) is 4.63. The monoisotopic (exact) mass is 358 g/mol. The zero-order valence-electron chi connectivity index (χ0n) is 12.8. The van der Waals surface area contributed by atoms with Gasteiger partial charge in [0.1, 0.15) is 5.75 Å². The molecule has 5 nitrogen and oxygen atoms in total. The molecule has 0 atom stereocenters. The molecule has 1 aromatic heterocycles. The molecule has 4 N–H and O–H groups in total. The third-order valence-electron chi connectivity index (χ3n) is 3.27. The van der Waals surface area contributed by atoms with E-state index in [1.54, 1.807) is 36.3 Å². The van der Waals surface area contributed by atoms with Gasteiger partial charge >= 0.3 is 0 Å². The zero-order valence-corrected chi connectivity index (χ0v) is 14.4. The van der Waals surface area contributed by atoms with Crippen molar-refractivity contribution in [1.29, 1.82) is 0 Å². The molecule has 1 heterocycles. The van der Waals surface area contributed by atoms with Crippen LogP contribution in [0, 0.1) is 6.92 Å². The first-order chi connectivity index (χ1) is 11.5. The average Bonchev–Trinajstić information content (AvgIpc) is 2.54. The number of halogens is 1. The van der Waals surface area contributed by atoms with Crippen LogP contribution in [0.25, 0.3) is 0 Å². The van der Waals surface area contributed by atoms with E-state index in [2.05, 4.69) is 15.3 Å². The highest BCUT2D eigenvalue weighted by Gasteiger charge is 2.06. The summed E-state index contributed by atoms with van der Waals surface area (Å²) in [6.45, 7) is 2.01. The second-order valence-corrected chi connectivity index (χ2v) is 6.70. The van der Waals surface area contributed by atoms with Gasteiger partial charge in [-0.15, -0.1) is 0 Å². The van der Waals surface area contributed by atoms with Crippen LogP contribution in [0.3, 0.4) is 0 Å². The molecular weight excluding hydrogens is 344 g/mol. The molecule has 0 fully saturated rings. The molecular formula is C17H15ClN4OS. The number of phenolic OH excluding ortho intramolecular Hbond substituents is 1. The molecule has 0 bridgehead atoms. The second kappa shape index (κ2) is 6.98. The zero-order chi connectivity index (χ0) is 17.1. The van der Waals surface area contributed by atoms with Crippen LogP contribution in [-0.4, -0.2) is 15.1 Å². The minimum absolute atomic E-state index is 0.115. The Morgan fingerprint density at radius 1 is 1.12 bits per heavy atom. The third kappa shape index (κ3) is 3.90. The van der Waals surface area contributed by atoms with E-state index >= 15 is 0 Å². The number of benzene rings is 2. The molecule has 3 rings (SSSR count). The van der Waals surface area contributed by atoms with Crippen molar-refractivity contribution in [1.82, 2.24) is 9.97 Å². The average molecular weight is 359 g/mol. The Labute approximate surface area is 148 Å². The smallest absolute Gasteiger partial charge is 0.227 e. The molecule has 0 saturated carbocycles. The van der Waals surface area contributed by atoms with Crippen LogP contribution < -0.4 is 11.1 Å². The summed E-state index contributed by atoms with van der Waals surface area (Å²) >= 11 is 7.55. The van der Waals surface area contributed by atoms with E-state index in [1.807, 2.05) is 25.1 Å². The van der Waals surface area contributed by atoms with Gasteiger partial charge in [0.2, 0.25) is 5.95 Å². The highest BCUT2D eigenvalue weighted by atomic mass is 35.5. The topological polar surface area (TPSA) is 84.1 Å². The van der Waals surface area contributed by atoms with Crippen LogP contribution in [0.4, 0.5) is 17.3 Å². The molecule has 24 heavy (non-hydrogen) atoms. The molecule has 0 aliphatic rings. The molecule has 0 saturated heterocycles. The number of aryl methyl sites for hydroxylation is 1. The van der Waals surface area contributed by atoms with E-state index in [4.69, 9.17) is 17.3 Å². The maximum Gasteiger partial charge on any atom is 0.227 e. The van der Waals surface area contributed by atoms with Crippen molar-refractivity contribution < 1.29 is 5.11 Å². The highest BCUT2D eigenvalue weighted by molar-refractivity contribution is 7.99. The fraction of sp³-hybridized carbons (Fsp3) is 0.0588. The summed E-state index contributed by atoms with van der Waals surface area (Å²) in [5, 5.41) is 13.1. The molecule has 0 unspecified atom stereocenters. The lowest BCUT2D eigenvalue weighted by Gasteiger charge is -2.09. The van der Waals surface area contributed by atoms with Gasteiger partial charge in [-0.05, 0) is 42.8 Å². The Kier molecular flexibility index (Phi) is 4.78. The largest absolute Gasteiger partial charge is 0.508 e. The van der Waals surface area contributed by atoms with Crippen molar-refractivity contribution >= 4 is 40.7 Å². The van der Waals surface area contributed by atoms with Crippen LogP contribution in [0.15, 0.2) is 58.6 Å². The number of aromatic hydroxyl groups is 1. The minimum Gasteiger partial charge on any atom is -0.508 e. The Bertz CT molecular complexity index is 798. The van der Waals surface area contributed by atoms with Crippen molar-refractivity contribution in [3.8, 4) is 5.75 Å². The van der Waals surface area contributed by atoms with Crippen molar-refractivity contribution in [3.05, 3.63) is 59.4 Å². The summed E-state index contributed by atoms with van der Waals surface area (Å²) in [6.07, 6.45) is 3.48. The lowest BCUT2D eigenvalue weighted by molar-refractivity contribution is 0.476. The van der Waals surface area contributed by atoms with E-state index in [1.165, 1.54) is 6.07 Å². The predicted molar refractivity (Wildman–Crippen MR) is 98.1 cm³/mol. The van der Waals surface area contributed by atoms with Gasteiger partial charge in [-0.1, -0.05) is 23.4 Å². The summed E-state index contributed by atoms with van der Waals surface area (Å²) in [5.41, 5.74) is 8.01. The number of nitrogens with one attached hydrogen (secondary N) is 1. The number of aromatic nitrogens is 2. The van der Waals surface area contributed by atoms with Crippen LogP contribution >= 0.6 is 23.4 Å². The van der Waals surface area contributed by atoms with E-state index in [-0.39, 0.29) is 5.75 Å². The van der Waals surface area contributed by atoms with E-state index in [9.17, 15) is 5.11 Å². The highest BCUT2D eigenvalue weighted by Crippen LogP contribution is 2.31. The van der Waals surface area contributed by atoms with Crippen LogP contribution in [0.2, 0.25) is 5.02 Å². The first-order valence-corrected chi connectivity index (χ1v) is 8.32. The van der Waals surface area contributed by atoms with Gasteiger partial charge in [0.25, 0.3) is 0 Å². The van der Waals surface area contributed by atoms with Gasteiger partial charge in [-0.3, -0.25) is 0 Å². The fourth-order valence-electron chi connectivity index (χ4n) is 2.07. The lowest BCUT2D eigenvalue weighted by Crippen LogP contribution is -1.99. The number of hydrogen-bond acceptors (Lipinski definition) is 6. The number of hydrogen-bond donors (Lipinski definition) is 3. The second-order valence-electron chi connectivity index (χ2n) is 5.15. The Hall–Kier alpha value is -2.44. The SMILES string of the molecule is Cc1cc(Cl)ccc1Sc1cnc(Nc2ccc(O)cc2N)nc1. The molecule has 122 valence electrons. The van der Waals surface area contributed by atoms with Crippen molar-refractivity contribution in [2.75, 3.05) is 11.1 Å². The van der Waals surface area contributed by atoms with E-state index in [0.717, 1.165) is 20.4 Å². The molecule has 0 radical (unpaired) electrons. The number of anilines is 3. The van der Waals surface area contributed by atoms with Crippen molar-refractivity contribution in [3.63, 3.8) is 0 Å². The van der Waals surface area contributed by atoms with Gasteiger partial charge < -0.3 is 16.2 Å². The number of nitrogen functional groups attached to an aromatic ring is 1. The molecule has 0 amide bonds. The normalized spacial score (nSPS) is 10.6. The first kappa shape index (κ1) is 16.4. The number of nitrogens with two attached hydrogens (primary N) is 1. The summed E-state index contributed by atoms with van der Waals surface area (Å²) in [7, 11) is 0. The molecule has 0 spiro atoms. The van der Waals surface area contributed by atoms with Gasteiger partial charge in [0.15, 0.2) is 0 Å². The van der Waals surface area contributed by atoms with Gasteiger partial charge in [-0.25, -0.2) is 9.97 Å². The molecule has 0 aliphatic heterocycles. The van der Waals surface area contributed by atoms with Crippen LogP contribution in [-0.2, 0) is 0 Å². The van der Waals surface area contributed by atoms with Crippen molar-refractivity contribution in [2.24, 2.45) is 0 Å². The summed E-state index contributed by atoms with van der Waals surface area (Å²) in [6, 6.07) is 10.5. The maximum atomic E-state index is 9.37. The van der Waals surface area contributed by atoms with Gasteiger partial charge in [0.05, 0.1) is 11.4 Å². The van der Waals surface area contributed by atoms with Crippen molar-refractivity contribution in [2.45, 2.75) is 16.7 Å². The van der Waals surface area contributed by atoms with Gasteiger partial charge in [0, 0.05) is 33.3 Å². The summed E-state index contributed by atoms with van der Waals surface area (Å²) in [4.78, 5) is 10.6. The first-order valence-electron chi connectivity index (χ1n) is 7.13. The number of phenols is 1. The quantitative estimate of drug-likeness (QED) is 0.466. The Morgan fingerprint density at radius 3 is 2.54 bits per heavy atom. The standard InChI is InChI=1S/C17H15ClN4OS/c1-10-6-11(18)2-5-16(10)24-13-8-20-17(21-9-13)22-15-4-3-12(23)7-14(15)19/h2-9,23H,19H2,1H3,(H,20,21,22). The number of nitrogens with zero attached hydrogens (tertiary/aromatic N) is 2. The lowest BCUT2D eigenvalue weighted by atomic mass is 10.2. The van der Waals surface area contributed by atoms with E-state index in [0.29, 0.717) is 17.3 Å². The Morgan fingerprint density at radius 2 is 1.88 bits per heavy atom. The molecule has 7 heteroatoms. The predicted octanol–water partition coefficient (Wildman–Crippen LogP) is 4.62. The van der Waals surface area contributed by atoms with E-state index < -0.39 is 0 Å². The molecule has 2 aromatic carbocycles. The summed E-state index contributed by atoms with van der Waals surface area (Å²) in [5.74, 6) is 0.550. The minimum atomic E-state index is 0.115.